The average Bonchev–Trinajstić information content (AvgIpc) is 2.65. The maximum Gasteiger partial charge on any atom is 0.349 e. The van der Waals surface area contributed by atoms with E-state index in [-0.39, 0.29) is 22.9 Å². The highest BCUT2D eigenvalue weighted by atomic mass is 16.6. The van der Waals surface area contributed by atoms with Gasteiger partial charge in [-0.05, 0) is 36.8 Å². The zero-order valence-electron chi connectivity index (χ0n) is 15.0. The van der Waals surface area contributed by atoms with Crippen LogP contribution >= 0.6 is 0 Å². The Morgan fingerprint density at radius 3 is 2.46 bits per heavy atom. The van der Waals surface area contributed by atoms with Crippen molar-refractivity contribution in [3.8, 4) is 17.2 Å². The number of nitro groups is 2. The Morgan fingerprint density at radius 1 is 1.11 bits per heavy atom. The van der Waals surface area contributed by atoms with Gasteiger partial charge in [0.25, 0.3) is 5.69 Å². The Balaban J connectivity index is 2.01. The van der Waals surface area contributed by atoms with E-state index in [2.05, 4.69) is 0 Å². The van der Waals surface area contributed by atoms with Gasteiger partial charge in [-0.3, -0.25) is 20.2 Å². The number of hydrogen-bond acceptors (Lipinski definition) is 8. The van der Waals surface area contributed by atoms with Gasteiger partial charge < -0.3 is 14.2 Å². The first kappa shape index (κ1) is 20.4. The van der Waals surface area contributed by atoms with Crippen molar-refractivity contribution in [2.75, 3.05) is 13.7 Å². The number of rotatable bonds is 8. The summed E-state index contributed by atoms with van der Waals surface area (Å²) in [5.74, 6) is -0.102. The topological polar surface area (TPSA) is 131 Å². The molecule has 0 fully saturated rings. The lowest BCUT2D eigenvalue weighted by atomic mass is 10.2. The summed E-state index contributed by atoms with van der Waals surface area (Å²) >= 11 is 0. The molecule has 2 rings (SSSR count). The Morgan fingerprint density at radius 2 is 1.86 bits per heavy atom. The molecule has 28 heavy (non-hydrogen) atoms. The molecule has 0 aliphatic rings. The second-order valence-corrected chi connectivity index (χ2v) is 5.48. The molecule has 0 aromatic heterocycles. The number of hydrogen-bond donors (Lipinski definition) is 0. The molecule has 0 bridgehead atoms. The van der Waals surface area contributed by atoms with Gasteiger partial charge in [-0.25, -0.2) is 4.79 Å². The molecule has 0 radical (unpaired) electrons. The lowest BCUT2D eigenvalue weighted by molar-refractivity contribution is -0.400. The highest BCUT2D eigenvalue weighted by Crippen LogP contribution is 2.29. The van der Waals surface area contributed by atoms with Crippen molar-refractivity contribution in [2.24, 2.45) is 0 Å². The van der Waals surface area contributed by atoms with Crippen LogP contribution in [0, 0.1) is 27.2 Å². The number of methoxy groups -OCH3 is 1. The van der Waals surface area contributed by atoms with E-state index in [1.807, 2.05) is 0 Å². The Hall–Kier alpha value is -3.95. The summed E-state index contributed by atoms with van der Waals surface area (Å²) < 4.78 is 15.6. The lowest BCUT2D eigenvalue weighted by Gasteiger charge is -2.11. The smallest absolute Gasteiger partial charge is 0.349 e. The van der Waals surface area contributed by atoms with Crippen molar-refractivity contribution in [1.82, 2.24) is 0 Å². The normalized spacial score (nSPS) is 10.5. The monoisotopic (exact) mass is 388 g/mol. The van der Waals surface area contributed by atoms with Gasteiger partial charge in [-0.1, -0.05) is 6.07 Å². The van der Waals surface area contributed by atoms with Gasteiger partial charge in [0.1, 0.15) is 5.75 Å². The van der Waals surface area contributed by atoms with Crippen LogP contribution in [0.3, 0.4) is 0 Å². The third-order valence-electron chi connectivity index (χ3n) is 3.52. The molecule has 0 atom stereocenters. The molecule has 2 aromatic rings. The van der Waals surface area contributed by atoms with Crippen LogP contribution in [0.1, 0.15) is 11.1 Å². The molecule has 0 saturated heterocycles. The SMILES string of the molecule is COc1cc(/C=C/[N+](=O)[O-])ccc1OC(=O)COc1ccc([N+](=O)[O-])c(C)c1. The molecular formula is C18H16N2O8. The van der Waals surface area contributed by atoms with Crippen LogP contribution in [0.15, 0.2) is 42.6 Å². The highest BCUT2D eigenvalue weighted by molar-refractivity contribution is 5.75. The lowest BCUT2D eigenvalue weighted by Crippen LogP contribution is -2.18. The third kappa shape index (κ3) is 5.53. The molecule has 0 aliphatic carbocycles. The van der Waals surface area contributed by atoms with Gasteiger partial charge in [0, 0.05) is 17.7 Å². The van der Waals surface area contributed by atoms with Crippen LogP contribution in [0.4, 0.5) is 5.69 Å². The summed E-state index contributed by atoms with van der Waals surface area (Å²) in [5, 5.41) is 21.2. The van der Waals surface area contributed by atoms with Crippen LogP contribution in [-0.2, 0) is 4.79 Å². The number of aryl methyl sites for hydroxylation is 1. The van der Waals surface area contributed by atoms with E-state index in [0.29, 0.717) is 11.1 Å². The third-order valence-corrected chi connectivity index (χ3v) is 3.52. The first-order valence-corrected chi connectivity index (χ1v) is 7.88. The van der Waals surface area contributed by atoms with Crippen LogP contribution < -0.4 is 14.2 Å². The van der Waals surface area contributed by atoms with Crippen LogP contribution in [0.25, 0.3) is 6.08 Å². The summed E-state index contributed by atoms with van der Waals surface area (Å²) in [6, 6.07) is 8.55. The quantitative estimate of drug-likeness (QED) is 0.292. The van der Waals surface area contributed by atoms with Gasteiger partial charge in [0.2, 0.25) is 6.20 Å². The van der Waals surface area contributed by atoms with Crippen molar-refractivity contribution in [2.45, 2.75) is 6.92 Å². The van der Waals surface area contributed by atoms with Crippen molar-refractivity contribution in [3.63, 3.8) is 0 Å². The van der Waals surface area contributed by atoms with E-state index in [9.17, 15) is 25.0 Å². The predicted molar refractivity (Wildman–Crippen MR) is 98.0 cm³/mol. The number of nitrogens with zero attached hydrogens (tertiary/aromatic N) is 2. The summed E-state index contributed by atoms with van der Waals surface area (Å²) in [5.41, 5.74) is 0.840. The molecule has 0 N–H and O–H groups in total. The molecule has 0 unspecified atom stereocenters. The number of ether oxygens (including phenoxy) is 3. The van der Waals surface area contributed by atoms with Gasteiger partial charge in [-0.15, -0.1) is 0 Å². The summed E-state index contributed by atoms with van der Waals surface area (Å²) in [6.07, 6.45) is 2.05. The number of esters is 1. The standard InChI is InChI=1S/C18H16N2O8/c1-12-9-14(4-5-15(12)20(24)25)27-11-18(21)28-16-6-3-13(7-8-19(22)23)10-17(16)26-2/h3-10H,11H2,1-2H3/b8-7+. The van der Waals surface area contributed by atoms with Crippen LogP contribution in [-0.4, -0.2) is 29.5 Å². The number of carbonyl (C=O) groups is 1. The first-order chi connectivity index (χ1) is 13.3. The average molecular weight is 388 g/mol. The van der Waals surface area contributed by atoms with Gasteiger partial charge in [0.15, 0.2) is 18.1 Å². The molecule has 10 nitrogen and oxygen atoms in total. The zero-order valence-corrected chi connectivity index (χ0v) is 15.0. The van der Waals surface area contributed by atoms with E-state index in [1.54, 1.807) is 6.92 Å². The van der Waals surface area contributed by atoms with E-state index >= 15 is 0 Å². The van der Waals surface area contributed by atoms with E-state index in [1.165, 1.54) is 49.6 Å². The molecule has 0 saturated carbocycles. The largest absolute Gasteiger partial charge is 0.493 e. The van der Waals surface area contributed by atoms with Crippen LogP contribution in [0.5, 0.6) is 17.2 Å². The summed E-state index contributed by atoms with van der Waals surface area (Å²) in [4.78, 5) is 32.1. The molecule has 0 heterocycles. The molecule has 0 aliphatic heterocycles. The molecular weight excluding hydrogens is 372 g/mol. The van der Waals surface area contributed by atoms with Crippen molar-refractivity contribution >= 4 is 17.7 Å². The molecule has 0 amide bonds. The van der Waals surface area contributed by atoms with E-state index in [0.717, 1.165) is 6.20 Å². The van der Waals surface area contributed by atoms with Crippen LogP contribution in [0.2, 0.25) is 0 Å². The zero-order chi connectivity index (χ0) is 20.7. The summed E-state index contributed by atoms with van der Waals surface area (Å²) in [6.45, 7) is 1.13. The first-order valence-electron chi connectivity index (χ1n) is 7.88. The van der Waals surface area contributed by atoms with E-state index < -0.39 is 22.4 Å². The maximum absolute atomic E-state index is 12.0. The fraction of sp³-hybridized carbons (Fsp3) is 0.167. The number of benzene rings is 2. The second-order valence-electron chi connectivity index (χ2n) is 5.48. The molecule has 2 aromatic carbocycles. The van der Waals surface area contributed by atoms with Gasteiger partial charge in [0.05, 0.1) is 17.0 Å². The Labute approximate surface area is 159 Å². The second kappa shape index (κ2) is 9.12. The molecule has 146 valence electrons. The predicted octanol–water partition coefficient (Wildman–Crippen LogP) is 3.14. The van der Waals surface area contributed by atoms with Crippen molar-refractivity contribution in [3.05, 3.63) is 74.0 Å². The fourth-order valence-corrected chi connectivity index (χ4v) is 2.24. The molecule has 10 heteroatoms. The Bertz CT molecular complexity index is 939. The van der Waals surface area contributed by atoms with Gasteiger partial charge in [-0.2, -0.15) is 0 Å². The number of nitro benzene ring substituents is 1. The van der Waals surface area contributed by atoms with Crippen molar-refractivity contribution < 1.29 is 28.9 Å². The summed E-state index contributed by atoms with van der Waals surface area (Å²) in [7, 11) is 1.36. The van der Waals surface area contributed by atoms with E-state index in [4.69, 9.17) is 14.2 Å². The maximum atomic E-state index is 12.0. The fourth-order valence-electron chi connectivity index (χ4n) is 2.24. The van der Waals surface area contributed by atoms with Gasteiger partial charge >= 0.3 is 5.97 Å². The Kier molecular flexibility index (Phi) is 6.63. The number of carbonyl (C=O) groups excluding carboxylic acids is 1. The highest BCUT2D eigenvalue weighted by Gasteiger charge is 2.14. The van der Waals surface area contributed by atoms with Crippen molar-refractivity contribution in [1.29, 1.82) is 0 Å². The minimum Gasteiger partial charge on any atom is -0.493 e. The minimum atomic E-state index is -0.720. The minimum absolute atomic E-state index is 0.0501. The molecule has 0 spiro atoms.